The lowest BCUT2D eigenvalue weighted by molar-refractivity contribution is 0.329. The molecule has 1 aliphatic heterocycles. The predicted octanol–water partition coefficient (Wildman–Crippen LogP) is 2.33. The molecule has 0 amide bonds. The van der Waals surface area contributed by atoms with Gasteiger partial charge in [0.15, 0.2) is 5.65 Å². The number of hydrogen-bond acceptors (Lipinski definition) is 7. The molecule has 0 spiro atoms. The van der Waals surface area contributed by atoms with Crippen LogP contribution in [0.25, 0.3) is 22.4 Å². The van der Waals surface area contributed by atoms with Gasteiger partial charge in [0.1, 0.15) is 11.6 Å². The van der Waals surface area contributed by atoms with Crippen molar-refractivity contribution >= 4 is 16.9 Å². The minimum absolute atomic E-state index is 0.210. The van der Waals surface area contributed by atoms with Crippen molar-refractivity contribution in [1.82, 2.24) is 29.9 Å². The monoisotopic (exact) mass is 347 g/mol. The van der Waals surface area contributed by atoms with E-state index in [1.807, 2.05) is 50.5 Å². The van der Waals surface area contributed by atoms with Gasteiger partial charge in [-0.3, -0.25) is 4.68 Å². The predicted molar refractivity (Wildman–Crippen MR) is 95.7 cm³/mol. The molecular weight excluding hydrogens is 330 g/mol. The Hall–Kier alpha value is -3.29. The van der Waals surface area contributed by atoms with E-state index in [1.54, 1.807) is 4.68 Å². The number of fused-ring (bicyclic) bond motifs is 1. The molecule has 26 heavy (non-hydrogen) atoms. The number of aryl methyl sites for hydroxylation is 2. The molecule has 1 aliphatic rings. The van der Waals surface area contributed by atoms with E-state index in [-0.39, 0.29) is 5.92 Å². The van der Waals surface area contributed by atoms with E-state index in [9.17, 15) is 0 Å². The Labute approximate surface area is 149 Å². The van der Waals surface area contributed by atoms with Crippen LogP contribution in [-0.4, -0.2) is 43.0 Å². The molecule has 3 aromatic heterocycles. The first-order chi connectivity index (χ1) is 12.7. The standard InChI is InChI=1S/C18H17N7O/c1-11-20-16-14(8-19-24(16)2)17(21-11)25-9-13(10-25)18-22-15(23-26-18)12-6-4-3-5-7-12/h3-8,13H,9-10H2,1-2H3. The fourth-order valence-corrected chi connectivity index (χ4v) is 3.27. The van der Waals surface area contributed by atoms with Crippen LogP contribution in [0.3, 0.4) is 0 Å². The zero-order chi connectivity index (χ0) is 17.7. The van der Waals surface area contributed by atoms with Crippen LogP contribution in [0.1, 0.15) is 17.6 Å². The van der Waals surface area contributed by atoms with Crippen LogP contribution in [0.5, 0.6) is 0 Å². The van der Waals surface area contributed by atoms with E-state index in [2.05, 4.69) is 30.1 Å². The Morgan fingerprint density at radius 2 is 1.88 bits per heavy atom. The number of benzene rings is 1. The van der Waals surface area contributed by atoms with E-state index in [0.29, 0.717) is 11.7 Å². The summed E-state index contributed by atoms with van der Waals surface area (Å²) in [7, 11) is 1.89. The summed E-state index contributed by atoms with van der Waals surface area (Å²) in [5.41, 5.74) is 1.81. The lowest BCUT2D eigenvalue weighted by Gasteiger charge is -2.38. The van der Waals surface area contributed by atoms with Crippen LogP contribution >= 0.6 is 0 Å². The highest BCUT2D eigenvalue weighted by molar-refractivity contribution is 5.87. The molecule has 130 valence electrons. The molecule has 5 rings (SSSR count). The maximum atomic E-state index is 5.49. The molecule has 8 heteroatoms. The number of rotatable bonds is 3. The van der Waals surface area contributed by atoms with Gasteiger partial charge in [0.05, 0.1) is 17.5 Å². The average Bonchev–Trinajstić information content (AvgIpc) is 3.22. The van der Waals surface area contributed by atoms with Gasteiger partial charge in [0.2, 0.25) is 11.7 Å². The maximum Gasteiger partial charge on any atom is 0.233 e. The summed E-state index contributed by atoms with van der Waals surface area (Å²) in [4.78, 5) is 15.9. The molecule has 0 saturated carbocycles. The molecule has 0 bridgehead atoms. The van der Waals surface area contributed by atoms with Crippen molar-refractivity contribution in [3.63, 3.8) is 0 Å². The highest BCUT2D eigenvalue weighted by Crippen LogP contribution is 2.34. The first kappa shape index (κ1) is 15.0. The van der Waals surface area contributed by atoms with Crippen molar-refractivity contribution in [2.45, 2.75) is 12.8 Å². The highest BCUT2D eigenvalue weighted by Gasteiger charge is 2.35. The second-order valence-corrected chi connectivity index (χ2v) is 6.52. The quantitative estimate of drug-likeness (QED) is 0.562. The third-order valence-electron chi connectivity index (χ3n) is 4.69. The minimum Gasteiger partial charge on any atom is -0.354 e. The van der Waals surface area contributed by atoms with Crippen LogP contribution in [0, 0.1) is 6.92 Å². The highest BCUT2D eigenvalue weighted by atomic mass is 16.5. The molecule has 0 aliphatic carbocycles. The molecule has 1 saturated heterocycles. The van der Waals surface area contributed by atoms with Crippen LogP contribution in [0.4, 0.5) is 5.82 Å². The summed E-state index contributed by atoms with van der Waals surface area (Å²) in [6.45, 7) is 3.48. The first-order valence-electron chi connectivity index (χ1n) is 8.49. The Kier molecular flexibility index (Phi) is 3.24. The van der Waals surface area contributed by atoms with Gasteiger partial charge in [0, 0.05) is 25.7 Å². The minimum atomic E-state index is 0.210. The van der Waals surface area contributed by atoms with Gasteiger partial charge >= 0.3 is 0 Å². The third-order valence-corrected chi connectivity index (χ3v) is 4.69. The molecule has 0 radical (unpaired) electrons. The van der Waals surface area contributed by atoms with Gasteiger partial charge in [-0.05, 0) is 6.92 Å². The van der Waals surface area contributed by atoms with Gasteiger partial charge < -0.3 is 9.42 Å². The molecular formula is C18H17N7O. The van der Waals surface area contributed by atoms with Gasteiger partial charge in [-0.15, -0.1) is 0 Å². The second kappa shape index (κ2) is 5.62. The zero-order valence-electron chi connectivity index (χ0n) is 14.5. The summed E-state index contributed by atoms with van der Waals surface area (Å²) in [5, 5.41) is 9.37. The van der Waals surface area contributed by atoms with Gasteiger partial charge in [-0.2, -0.15) is 10.1 Å². The summed E-state index contributed by atoms with van der Waals surface area (Å²) < 4.78 is 7.26. The molecule has 1 fully saturated rings. The van der Waals surface area contributed by atoms with E-state index < -0.39 is 0 Å². The number of aromatic nitrogens is 6. The number of anilines is 1. The Bertz CT molecular complexity index is 1080. The van der Waals surface area contributed by atoms with Crippen molar-refractivity contribution in [3.05, 3.63) is 48.2 Å². The SMILES string of the molecule is Cc1nc(N2CC(c3nc(-c4ccccc4)no3)C2)c2cnn(C)c2n1. The smallest absolute Gasteiger partial charge is 0.233 e. The van der Waals surface area contributed by atoms with Crippen molar-refractivity contribution in [2.75, 3.05) is 18.0 Å². The first-order valence-corrected chi connectivity index (χ1v) is 8.49. The maximum absolute atomic E-state index is 5.49. The lowest BCUT2D eigenvalue weighted by atomic mass is 10.00. The summed E-state index contributed by atoms with van der Waals surface area (Å²) >= 11 is 0. The number of hydrogen-bond donors (Lipinski definition) is 0. The van der Waals surface area contributed by atoms with Crippen LogP contribution < -0.4 is 4.90 Å². The molecule has 4 aromatic rings. The van der Waals surface area contributed by atoms with E-state index in [4.69, 9.17) is 4.52 Å². The normalized spacial score (nSPS) is 14.8. The summed E-state index contributed by atoms with van der Waals surface area (Å²) in [5.74, 6) is 3.17. The molecule has 0 N–H and O–H groups in total. The molecule has 4 heterocycles. The van der Waals surface area contributed by atoms with Crippen molar-refractivity contribution in [3.8, 4) is 11.4 Å². The van der Waals surface area contributed by atoms with Crippen molar-refractivity contribution in [2.24, 2.45) is 7.05 Å². The van der Waals surface area contributed by atoms with Crippen LogP contribution in [0.15, 0.2) is 41.1 Å². The van der Waals surface area contributed by atoms with E-state index >= 15 is 0 Å². The fourth-order valence-electron chi connectivity index (χ4n) is 3.27. The molecule has 0 atom stereocenters. The third kappa shape index (κ3) is 2.33. The molecule has 0 unspecified atom stereocenters. The van der Waals surface area contributed by atoms with E-state index in [0.717, 1.165) is 41.3 Å². The van der Waals surface area contributed by atoms with Gasteiger partial charge in [0.25, 0.3) is 0 Å². The van der Waals surface area contributed by atoms with E-state index in [1.165, 1.54) is 0 Å². The number of nitrogens with zero attached hydrogens (tertiary/aromatic N) is 7. The van der Waals surface area contributed by atoms with Crippen molar-refractivity contribution in [1.29, 1.82) is 0 Å². The average molecular weight is 347 g/mol. The Morgan fingerprint density at radius 1 is 1.08 bits per heavy atom. The largest absolute Gasteiger partial charge is 0.354 e. The lowest BCUT2D eigenvalue weighted by Crippen LogP contribution is -2.45. The molecule has 8 nitrogen and oxygen atoms in total. The summed E-state index contributed by atoms with van der Waals surface area (Å²) in [6, 6.07) is 9.85. The van der Waals surface area contributed by atoms with Crippen molar-refractivity contribution < 1.29 is 4.52 Å². The van der Waals surface area contributed by atoms with Crippen LogP contribution in [-0.2, 0) is 7.05 Å². The van der Waals surface area contributed by atoms with Gasteiger partial charge in [-0.1, -0.05) is 35.5 Å². The zero-order valence-corrected chi connectivity index (χ0v) is 14.5. The second-order valence-electron chi connectivity index (χ2n) is 6.52. The molecule has 1 aromatic carbocycles. The Balaban J connectivity index is 1.38. The summed E-state index contributed by atoms with van der Waals surface area (Å²) in [6.07, 6.45) is 1.82. The van der Waals surface area contributed by atoms with Gasteiger partial charge in [-0.25, -0.2) is 9.97 Å². The van der Waals surface area contributed by atoms with Crippen LogP contribution in [0.2, 0.25) is 0 Å². The fraction of sp³-hybridized carbons (Fsp3) is 0.278. The Morgan fingerprint density at radius 3 is 2.69 bits per heavy atom. The topological polar surface area (TPSA) is 85.8 Å².